The van der Waals surface area contributed by atoms with Gasteiger partial charge in [0.25, 0.3) is 0 Å². The van der Waals surface area contributed by atoms with Crippen LogP contribution in [0.3, 0.4) is 0 Å². The van der Waals surface area contributed by atoms with Crippen molar-refractivity contribution in [3.05, 3.63) is 34.9 Å². The Morgan fingerprint density at radius 2 is 1.95 bits per heavy atom. The third-order valence-electron chi connectivity index (χ3n) is 3.45. The zero-order chi connectivity index (χ0) is 14.2. The number of rotatable bonds is 3. The minimum Gasteiger partial charge on any atom is -0.481 e. The molecule has 1 aliphatic rings. The van der Waals surface area contributed by atoms with Gasteiger partial charge in [0.05, 0.1) is 12.0 Å². The van der Waals surface area contributed by atoms with E-state index in [1.54, 1.807) is 29.2 Å². The second kappa shape index (κ2) is 5.21. The summed E-state index contributed by atoms with van der Waals surface area (Å²) in [5.74, 6) is -1.74. The van der Waals surface area contributed by atoms with Gasteiger partial charge in [0.2, 0.25) is 5.91 Å². The molecule has 5 heteroatoms. The summed E-state index contributed by atoms with van der Waals surface area (Å²) < 4.78 is 0. The molecule has 4 nitrogen and oxygen atoms in total. The van der Waals surface area contributed by atoms with Crippen molar-refractivity contribution in [2.75, 3.05) is 0 Å². The van der Waals surface area contributed by atoms with Crippen LogP contribution < -0.4 is 0 Å². The first kappa shape index (κ1) is 13.9. The van der Waals surface area contributed by atoms with E-state index >= 15 is 0 Å². The fourth-order valence-electron chi connectivity index (χ4n) is 2.64. The topological polar surface area (TPSA) is 57.6 Å². The lowest BCUT2D eigenvalue weighted by molar-refractivity contribution is -0.142. The highest BCUT2D eigenvalue weighted by Crippen LogP contribution is 2.39. The number of carboxylic acids is 1. The van der Waals surface area contributed by atoms with E-state index in [1.165, 1.54) is 0 Å². The Morgan fingerprint density at radius 1 is 1.37 bits per heavy atom. The zero-order valence-corrected chi connectivity index (χ0v) is 11.6. The number of hydrogen-bond donors (Lipinski definition) is 1. The summed E-state index contributed by atoms with van der Waals surface area (Å²) in [6, 6.07) is 6.57. The Labute approximate surface area is 117 Å². The second-order valence-electron chi connectivity index (χ2n) is 5.04. The number of nitrogens with zero attached hydrogens (tertiary/aromatic N) is 1. The summed E-state index contributed by atoms with van der Waals surface area (Å²) in [7, 11) is 0. The van der Waals surface area contributed by atoms with Gasteiger partial charge in [-0.05, 0) is 31.5 Å². The van der Waals surface area contributed by atoms with Crippen LogP contribution in [-0.2, 0) is 9.59 Å². The van der Waals surface area contributed by atoms with Crippen molar-refractivity contribution in [3.8, 4) is 0 Å². The monoisotopic (exact) mass is 281 g/mol. The van der Waals surface area contributed by atoms with Crippen molar-refractivity contribution in [2.24, 2.45) is 5.92 Å². The second-order valence-corrected chi connectivity index (χ2v) is 5.48. The van der Waals surface area contributed by atoms with Crippen molar-refractivity contribution in [3.63, 3.8) is 0 Å². The minimum atomic E-state index is -0.934. The quantitative estimate of drug-likeness (QED) is 0.927. The Bertz CT molecular complexity index is 498. The predicted octanol–water partition coefficient (Wildman–Crippen LogP) is 2.72. The highest BCUT2D eigenvalue weighted by molar-refractivity contribution is 6.30. The summed E-state index contributed by atoms with van der Waals surface area (Å²) in [6.45, 7) is 3.79. The summed E-state index contributed by atoms with van der Waals surface area (Å²) in [6.07, 6.45) is 0.0564. The number of carbonyl (C=O) groups is 2. The average molecular weight is 282 g/mol. The maximum Gasteiger partial charge on any atom is 0.309 e. The fourth-order valence-corrected chi connectivity index (χ4v) is 2.76. The number of benzene rings is 1. The molecule has 0 spiro atoms. The van der Waals surface area contributed by atoms with Crippen molar-refractivity contribution in [1.29, 1.82) is 0 Å². The molecular weight excluding hydrogens is 266 g/mol. The van der Waals surface area contributed by atoms with Gasteiger partial charge in [-0.25, -0.2) is 0 Å². The summed E-state index contributed by atoms with van der Waals surface area (Å²) in [4.78, 5) is 25.0. The molecule has 1 fully saturated rings. The molecule has 0 saturated carbocycles. The number of carboxylic acid groups (broad SMARTS) is 1. The fraction of sp³-hybridized carbons (Fsp3) is 0.429. The van der Waals surface area contributed by atoms with Crippen LogP contribution >= 0.6 is 11.6 Å². The van der Waals surface area contributed by atoms with Gasteiger partial charge >= 0.3 is 5.97 Å². The lowest BCUT2D eigenvalue weighted by Crippen LogP contribution is -2.36. The molecule has 0 radical (unpaired) electrons. The highest BCUT2D eigenvalue weighted by atomic mass is 35.5. The lowest BCUT2D eigenvalue weighted by Gasteiger charge is -2.30. The number of amides is 1. The molecule has 1 heterocycles. The van der Waals surface area contributed by atoms with Crippen molar-refractivity contribution >= 4 is 23.5 Å². The van der Waals surface area contributed by atoms with Crippen LogP contribution in [0.1, 0.15) is 31.9 Å². The molecule has 0 aliphatic carbocycles. The SMILES string of the molecule is CC(C)N1C(=O)C[C@@H](C(=O)O)[C@@H]1c1ccc(Cl)cc1. The summed E-state index contributed by atoms with van der Waals surface area (Å²) >= 11 is 5.85. The van der Waals surface area contributed by atoms with Crippen LogP contribution in [-0.4, -0.2) is 27.9 Å². The molecule has 0 bridgehead atoms. The van der Waals surface area contributed by atoms with E-state index < -0.39 is 17.9 Å². The number of halogens is 1. The largest absolute Gasteiger partial charge is 0.481 e. The lowest BCUT2D eigenvalue weighted by atomic mass is 9.93. The van der Waals surface area contributed by atoms with Gasteiger partial charge in [-0.3, -0.25) is 9.59 Å². The summed E-state index contributed by atoms with van der Waals surface area (Å²) in [5.41, 5.74) is 0.816. The molecule has 1 aliphatic heterocycles. The molecule has 2 rings (SSSR count). The highest BCUT2D eigenvalue weighted by Gasteiger charge is 2.45. The van der Waals surface area contributed by atoms with Crippen LogP contribution in [0.5, 0.6) is 0 Å². The van der Waals surface area contributed by atoms with Gasteiger partial charge in [-0.15, -0.1) is 0 Å². The normalized spacial score (nSPS) is 23.2. The Kier molecular flexibility index (Phi) is 3.80. The first-order valence-corrected chi connectivity index (χ1v) is 6.59. The van der Waals surface area contributed by atoms with Gasteiger partial charge in [0, 0.05) is 17.5 Å². The van der Waals surface area contributed by atoms with Crippen molar-refractivity contribution in [2.45, 2.75) is 32.4 Å². The number of hydrogen-bond acceptors (Lipinski definition) is 2. The Balaban J connectivity index is 2.43. The molecule has 1 amide bonds. The molecule has 0 unspecified atom stereocenters. The molecule has 1 saturated heterocycles. The van der Waals surface area contributed by atoms with E-state index in [-0.39, 0.29) is 18.4 Å². The summed E-state index contributed by atoms with van der Waals surface area (Å²) in [5, 5.41) is 9.91. The maximum absolute atomic E-state index is 12.0. The molecule has 1 aromatic rings. The average Bonchev–Trinajstić information content (AvgIpc) is 2.68. The van der Waals surface area contributed by atoms with Crippen LogP contribution in [0.2, 0.25) is 5.02 Å². The van der Waals surface area contributed by atoms with E-state index in [0.717, 1.165) is 5.56 Å². The van der Waals surface area contributed by atoms with Crippen LogP contribution in [0.15, 0.2) is 24.3 Å². The third kappa shape index (κ3) is 2.59. The molecule has 2 atom stereocenters. The van der Waals surface area contributed by atoms with Crippen LogP contribution in [0.25, 0.3) is 0 Å². The van der Waals surface area contributed by atoms with E-state index in [2.05, 4.69) is 0 Å². The van der Waals surface area contributed by atoms with E-state index in [1.807, 2.05) is 13.8 Å². The molecule has 1 N–H and O–H groups in total. The third-order valence-corrected chi connectivity index (χ3v) is 3.70. The van der Waals surface area contributed by atoms with Gasteiger partial charge in [0.1, 0.15) is 0 Å². The zero-order valence-electron chi connectivity index (χ0n) is 10.8. The number of aliphatic carboxylic acids is 1. The van der Waals surface area contributed by atoms with E-state index in [9.17, 15) is 14.7 Å². The van der Waals surface area contributed by atoms with E-state index in [0.29, 0.717) is 5.02 Å². The van der Waals surface area contributed by atoms with Gasteiger partial charge in [-0.2, -0.15) is 0 Å². The molecule has 0 aromatic heterocycles. The number of carbonyl (C=O) groups excluding carboxylic acids is 1. The van der Waals surface area contributed by atoms with Gasteiger partial charge < -0.3 is 10.0 Å². The van der Waals surface area contributed by atoms with Crippen molar-refractivity contribution < 1.29 is 14.7 Å². The van der Waals surface area contributed by atoms with E-state index in [4.69, 9.17) is 11.6 Å². The number of likely N-dealkylation sites (tertiary alicyclic amines) is 1. The first-order valence-electron chi connectivity index (χ1n) is 6.21. The Hall–Kier alpha value is -1.55. The van der Waals surface area contributed by atoms with Crippen LogP contribution in [0.4, 0.5) is 0 Å². The first-order chi connectivity index (χ1) is 8.91. The Morgan fingerprint density at radius 3 is 2.42 bits per heavy atom. The molecular formula is C14H16ClNO3. The molecule has 102 valence electrons. The standard InChI is InChI=1S/C14H16ClNO3/c1-8(2)16-12(17)7-11(14(18)19)13(16)9-3-5-10(15)6-4-9/h3-6,8,11,13H,7H2,1-2H3,(H,18,19)/t11-,13+/m1/s1. The van der Waals surface area contributed by atoms with Crippen molar-refractivity contribution in [1.82, 2.24) is 4.90 Å². The maximum atomic E-state index is 12.0. The smallest absolute Gasteiger partial charge is 0.309 e. The minimum absolute atomic E-state index is 0.0301. The molecule has 19 heavy (non-hydrogen) atoms. The predicted molar refractivity (Wildman–Crippen MR) is 71.9 cm³/mol. The van der Waals surface area contributed by atoms with Gasteiger partial charge in [0.15, 0.2) is 0 Å². The van der Waals surface area contributed by atoms with Gasteiger partial charge in [-0.1, -0.05) is 23.7 Å². The van der Waals surface area contributed by atoms with Crippen LogP contribution in [0, 0.1) is 5.92 Å². The molecule has 1 aromatic carbocycles.